The third kappa shape index (κ3) is 3.43. The van der Waals surface area contributed by atoms with E-state index in [0.717, 1.165) is 6.54 Å². The summed E-state index contributed by atoms with van der Waals surface area (Å²) < 4.78 is 38.7. The molecule has 0 saturated carbocycles. The van der Waals surface area contributed by atoms with Gasteiger partial charge in [-0.25, -0.2) is 8.42 Å². The maximum absolute atomic E-state index is 12.6. The largest absolute Gasteiger partial charge is 0.377 e. The smallest absolute Gasteiger partial charge is 0.246 e. The average Bonchev–Trinajstić information content (AvgIpc) is 3.11. The van der Waals surface area contributed by atoms with Crippen LogP contribution in [0.1, 0.15) is 0 Å². The van der Waals surface area contributed by atoms with Gasteiger partial charge in [-0.15, -0.1) is 0 Å². The molecule has 0 aliphatic carbocycles. The number of likely N-dealkylation sites (N-methyl/N-ethyl adjacent to an activating group) is 1. The number of hydrogen-bond donors (Lipinski definition) is 1. The number of ether oxygens (including phenoxy) is 2. The summed E-state index contributed by atoms with van der Waals surface area (Å²) in [4.78, 5) is 0.199. The number of rotatable bonds is 7. The summed E-state index contributed by atoms with van der Waals surface area (Å²) in [6, 6.07) is 0. The molecule has 9 heteroatoms. The zero-order valence-electron chi connectivity index (χ0n) is 12.5. The van der Waals surface area contributed by atoms with Crippen molar-refractivity contribution < 1.29 is 17.9 Å². The fraction of sp³-hybridized carbons (Fsp3) is 0.750. The summed E-state index contributed by atoms with van der Waals surface area (Å²) >= 11 is 0. The number of nitrogens with zero attached hydrogens (tertiary/aromatic N) is 3. The van der Waals surface area contributed by atoms with E-state index in [0.29, 0.717) is 19.6 Å². The Hall–Kier alpha value is -1.00. The van der Waals surface area contributed by atoms with Crippen LogP contribution in [0, 0.1) is 0 Å². The predicted octanol–water partition coefficient (Wildman–Crippen LogP) is -0.863. The number of aromatic nitrogens is 2. The van der Waals surface area contributed by atoms with Gasteiger partial charge in [0.25, 0.3) is 0 Å². The average molecular weight is 318 g/mol. The molecule has 8 nitrogen and oxygen atoms in total. The highest BCUT2D eigenvalue weighted by Crippen LogP contribution is 2.23. The first-order chi connectivity index (χ1) is 10.0. The van der Waals surface area contributed by atoms with Gasteiger partial charge in [0, 0.05) is 40.1 Å². The minimum Gasteiger partial charge on any atom is -0.377 e. The molecule has 120 valence electrons. The Kier molecular flexibility index (Phi) is 5.33. The topological polar surface area (TPSA) is 85.7 Å². The van der Waals surface area contributed by atoms with E-state index in [9.17, 15) is 8.42 Å². The Labute approximate surface area is 125 Å². The van der Waals surface area contributed by atoms with Gasteiger partial charge >= 0.3 is 0 Å². The zero-order chi connectivity index (χ0) is 15.5. The predicted molar refractivity (Wildman–Crippen MR) is 76.5 cm³/mol. The first-order valence-electron chi connectivity index (χ1n) is 6.75. The van der Waals surface area contributed by atoms with Crippen LogP contribution in [-0.4, -0.2) is 75.6 Å². The molecule has 0 radical (unpaired) electrons. The molecule has 21 heavy (non-hydrogen) atoms. The van der Waals surface area contributed by atoms with Gasteiger partial charge in [-0.2, -0.15) is 9.40 Å². The number of methoxy groups -OCH3 is 2. The molecule has 1 aromatic rings. The maximum Gasteiger partial charge on any atom is 0.246 e. The summed E-state index contributed by atoms with van der Waals surface area (Å²) in [5.74, 6) is 0. The fourth-order valence-corrected chi connectivity index (χ4v) is 3.76. The van der Waals surface area contributed by atoms with Crippen LogP contribution in [0.3, 0.4) is 0 Å². The second kappa shape index (κ2) is 6.84. The number of hydrogen-bond acceptors (Lipinski definition) is 6. The Morgan fingerprint density at radius 1 is 1.33 bits per heavy atom. The first-order valence-corrected chi connectivity index (χ1v) is 8.19. The molecule has 2 unspecified atom stereocenters. The Morgan fingerprint density at radius 3 is 2.48 bits per heavy atom. The molecule has 0 aromatic carbocycles. The molecular weight excluding hydrogens is 296 g/mol. The Bertz CT molecular complexity index is 547. The molecule has 1 aromatic heterocycles. The van der Waals surface area contributed by atoms with E-state index in [1.165, 1.54) is 10.5 Å². The summed E-state index contributed by atoms with van der Waals surface area (Å²) in [6.45, 7) is 1.92. The molecule has 1 saturated heterocycles. The van der Waals surface area contributed by atoms with Crippen LogP contribution in [0.5, 0.6) is 0 Å². The van der Waals surface area contributed by atoms with Crippen molar-refractivity contribution in [3.8, 4) is 0 Å². The fourth-order valence-electron chi connectivity index (χ4n) is 2.34. The standard InChI is InChI=1S/C12H22N4O4S/c1-13-4-5-15-7-10(6-14-15)21(17,18)16-8-11(19-2)12(9-16)20-3/h6-7,11-13H,4-5,8-9H2,1-3H3. The highest BCUT2D eigenvalue weighted by molar-refractivity contribution is 7.89. The normalized spacial score (nSPS) is 23.8. The lowest BCUT2D eigenvalue weighted by Gasteiger charge is -2.14. The third-order valence-corrected chi connectivity index (χ3v) is 5.41. The van der Waals surface area contributed by atoms with Crippen LogP contribution >= 0.6 is 0 Å². The molecule has 0 bridgehead atoms. The molecule has 2 rings (SSSR count). The zero-order valence-corrected chi connectivity index (χ0v) is 13.3. The molecule has 1 aliphatic heterocycles. The molecular formula is C12H22N4O4S. The van der Waals surface area contributed by atoms with Crippen molar-refractivity contribution >= 4 is 10.0 Å². The monoisotopic (exact) mass is 318 g/mol. The van der Waals surface area contributed by atoms with Crippen LogP contribution < -0.4 is 5.32 Å². The molecule has 0 amide bonds. The molecule has 1 fully saturated rings. The van der Waals surface area contributed by atoms with Crippen molar-refractivity contribution in [2.24, 2.45) is 0 Å². The summed E-state index contributed by atoms with van der Waals surface area (Å²) in [6.07, 6.45) is 2.44. The van der Waals surface area contributed by atoms with E-state index in [1.54, 1.807) is 25.1 Å². The van der Waals surface area contributed by atoms with Crippen molar-refractivity contribution in [3.05, 3.63) is 12.4 Å². The summed E-state index contributed by atoms with van der Waals surface area (Å²) in [5.41, 5.74) is 0. The van der Waals surface area contributed by atoms with Crippen LogP contribution in [0.15, 0.2) is 17.3 Å². The maximum atomic E-state index is 12.6. The van der Waals surface area contributed by atoms with E-state index in [1.807, 2.05) is 7.05 Å². The van der Waals surface area contributed by atoms with E-state index < -0.39 is 10.0 Å². The van der Waals surface area contributed by atoms with Gasteiger partial charge in [0.2, 0.25) is 10.0 Å². The Balaban J connectivity index is 2.13. The van der Waals surface area contributed by atoms with Gasteiger partial charge in [0.05, 0.1) is 24.9 Å². The highest BCUT2D eigenvalue weighted by Gasteiger charge is 2.40. The molecule has 1 aliphatic rings. The lowest BCUT2D eigenvalue weighted by molar-refractivity contribution is -0.00461. The molecule has 0 spiro atoms. The van der Waals surface area contributed by atoms with Gasteiger partial charge in [-0.3, -0.25) is 4.68 Å². The van der Waals surface area contributed by atoms with Gasteiger partial charge < -0.3 is 14.8 Å². The van der Waals surface area contributed by atoms with Crippen molar-refractivity contribution in [3.63, 3.8) is 0 Å². The van der Waals surface area contributed by atoms with E-state index >= 15 is 0 Å². The van der Waals surface area contributed by atoms with Crippen molar-refractivity contribution in [2.75, 3.05) is 40.9 Å². The van der Waals surface area contributed by atoms with Crippen LogP contribution in [0.4, 0.5) is 0 Å². The minimum atomic E-state index is -3.56. The number of nitrogens with one attached hydrogen (secondary N) is 1. The highest BCUT2D eigenvalue weighted by atomic mass is 32.2. The second-order valence-corrected chi connectivity index (χ2v) is 6.85. The number of sulfonamides is 1. The van der Waals surface area contributed by atoms with Gasteiger partial charge in [0.15, 0.2) is 0 Å². The van der Waals surface area contributed by atoms with Crippen molar-refractivity contribution in [2.45, 2.75) is 23.6 Å². The lowest BCUT2D eigenvalue weighted by atomic mass is 10.3. The SMILES string of the molecule is CNCCn1cc(S(=O)(=O)N2CC(OC)C(OC)C2)cn1. The summed E-state index contributed by atoms with van der Waals surface area (Å²) in [7, 11) is 1.39. The van der Waals surface area contributed by atoms with E-state index in [4.69, 9.17) is 9.47 Å². The van der Waals surface area contributed by atoms with Gasteiger partial charge in [-0.1, -0.05) is 0 Å². The van der Waals surface area contributed by atoms with Crippen LogP contribution in [0.2, 0.25) is 0 Å². The lowest BCUT2D eigenvalue weighted by Crippen LogP contribution is -2.30. The third-order valence-electron chi connectivity index (χ3n) is 3.63. The summed E-state index contributed by atoms with van der Waals surface area (Å²) in [5, 5.41) is 7.07. The molecule has 2 heterocycles. The van der Waals surface area contributed by atoms with Crippen molar-refractivity contribution in [1.82, 2.24) is 19.4 Å². The first kappa shape index (κ1) is 16.4. The molecule has 2 atom stereocenters. The van der Waals surface area contributed by atoms with Crippen LogP contribution in [0.25, 0.3) is 0 Å². The van der Waals surface area contributed by atoms with Crippen molar-refractivity contribution in [1.29, 1.82) is 0 Å². The van der Waals surface area contributed by atoms with E-state index in [2.05, 4.69) is 10.4 Å². The van der Waals surface area contributed by atoms with Crippen LogP contribution in [-0.2, 0) is 26.0 Å². The molecule has 1 N–H and O–H groups in total. The van der Waals surface area contributed by atoms with Gasteiger partial charge in [0.1, 0.15) is 4.90 Å². The minimum absolute atomic E-state index is 0.199. The van der Waals surface area contributed by atoms with E-state index in [-0.39, 0.29) is 17.1 Å². The van der Waals surface area contributed by atoms with Gasteiger partial charge in [-0.05, 0) is 7.05 Å². The Morgan fingerprint density at radius 2 is 1.95 bits per heavy atom. The quantitative estimate of drug-likeness (QED) is 0.704. The second-order valence-electron chi connectivity index (χ2n) is 4.91.